The van der Waals surface area contributed by atoms with E-state index in [4.69, 9.17) is 0 Å². The maximum Gasteiger partial charge on any atom is 0.323 e. The van der Waals surface area contributed by atoms with Crippen LogP contribution < -0.4 is 5.69 Å². The predicted molar refractivity (Wildman–Crippen MR) is 75.9 cm³/mol. The lowest BCUT2D eigenvalue weighted by Gasteiger charge is -2.07. The maximum atomic E-state index is 11.1. The number of fused-ring (bicyclic) bond motifs is 1. The van der Waals surface area contributed by atoms with E-state index < -0.39 is 0 Å². The van der Waals surface area contributed by atoms with Gasteiger partial charge in [-0.15, -0.1) is 11.8 Å². The van der Waals surface area contributed by atoms with Crippen LogP contribution in [0, 0.1) is 0 Å². The molecule has 18 heavy (non-hydrogen) atoms. The first-order valence-electron chi connectivity index (χ1n) is 6.59. The summed E-state index contributed by atoms with van der Waals surface area (Å²) in [7, 11) is 0. The lowest BCUT2D eigenvalue weighted by Crippen LogP contribution is -2.03. The van der Waals surface area contributed by atoms with Crippen LogP contribution in [-0.2, 0) is 10.5 Å². The summed E-state index contributed by atoms with van der Waals surface area (Å²) in [5.41, 5.74) is 2.02. The molecule has 0 saturated heterocycles. The van der Waals surface area contributed by atoms with E-state index in [1.54, 1.807) is 6.92 Å². The molecule has 1 unspecified atom stereocenters. The fraction of sp³-hybridized carbons (Fsp3) is 0.692. The number of thioether (sulfide) groups is 1. The van der Waals surface area contributed by atoms with Crippen molar-refractivity contribution in [3.05, 3.63) is 21.9 Å². The van der Waals surface area contributed by atoms with Crippen molar-refractivity contribution < 1.29 is 4.79 Å². The number of Topliss-reactive ketones (excluding diaryl/α,β-unsaturated/α-hetero) is 1. The molecule has 5 heteroatoms. The third kappa shape index (κ3) is 4.05. The van der Waals surface area contributed by atoms with Crippen molar-refractivity contribution in [3.63, 3.8) is 0 Å². The van der Waals surface area contributed by atoms with Gasteiger partial charge in [0.15, 0.2) is 0 Å². The van der Waals surface area contributed by atoms with E-state index in [9.17, 15) is 9.59 Å². The SMILES string of the molecule is CC.CC(=O)CCCCC1SCc2[nH]c(=O)[nH]c21. The van der Waals surface area contributed by atoms with Crippen LogP contribution in [0.15, 0.2) is 4.79 Å². The Morgan fingerprint density at radius 3 is 2.72 bits per heavy atom. The number of carbonyl (C=O) groups is 1. The predicted octanol–water partition coefficient (Wildman–Crippen LogP) is 3.17. The lowest BCUT2D eigenvalue weighted by molar-refractivity contribution is -0.117. The van der Waals surface area contributed by atoms with E-state index >= 15 is 0 Å². The number of imidazole rings is 1. The summed E-state index contributed by atoms with van der Waals surface area (Å²) in [6.07, 6.45) is 3.72. The molecule has 0 aliphatic carbocycles. The monoisotopic (exact) mass is 270 g/mol. The van der Waals surface area contributed by atoms with Crippen LogP contribution in [-0.4, -0.2) is 15.8 Å². The number of hydrogen-bond donors (Lipinski definition) is 2. The Morgan fingerprint density at radius 1 is 1.33 bits per heavy atom. The minimum absolute atomic E-state index is 0.0981. The van der Waals surface area contributed by atoms with Crippen LogP contribution >= 0.6 is 11.8 Å². The van der Waals surface area contributed by atoms with Crippen molar-refractivity contribution in [2.75, 3.05) is 0 Å². The fourth-order valence-corrected chi connectivity index (χ4v) is 3.32. The van der Waals surface area contributed by atoms with Gasteiger partial charge in [-0.3, -0.25) is 0 Å². The molecule has 0 amide bonds. The van der Waals surface area contributed by atoms with E-state index in [-0.39, 0.29) is 11.5 Å². The average molecular weight is 270 g/mol. The van der Waals surface area contributed by atoms with E-state index in [0.717, 1.165) is 36.4 Å². The van der Waals surface area contributed by atoms with Gasteiger partial charge in [0, 0.05) is 23.1 Å². The number of hydrogen-bond acceptors (Lipinski definition) is 3. The molecule has 1 aromatic heterocycles. The zero-order chi connectivity index (χ0) is 13.5. The van der Waals surface area contributed by atoms with Crippen LogP contribution in [0.25, 0.3) is 0 Å². The molecule has 2 heterocycles. The quantitative estimate of drug-likeness (QED) is 0.808. The second-order valence-corrected chi connectivity index (χ2v) is 5.41. The van der Waals surface area contributed by atoms with Crippen LogP contribution in [0.5, 0.6) is 0 Å². The number of ketones is 1. The van der Waals surface area contributed by atoms with Gasteiger partial charge in [0.2, 0.25) is 0 Å². The van der Waals surface area contributed by atoms with E-state index in [1.165, 1.54) is 0 Å². The standard InChI is InChI=1S/C11H16N2O2S.C2H6/c1-7(14)4-2-3-5-9-10-8(6-16-9)12-11(15)13-10;1-2/h9H,2-6H2,1H3,(H2,12,13,15);1-2H3. The number of aromatic nitrogens is 2. The van der Waals surface area contributed by atoms with Gasteiger partial charge in [-0.05, 0) is 19.8 Å². The molecule has 2 N–H and O–H groups in total. The van der Waals surface area contributed by atoms with Gasteiger partial charge in [-0.1, -0.05) is 20.3 Å². The van der Waals surface area contributed by atoms with Crippen LogP contribution in [0.1, 0.15) is 63.1 Å². The van der Waals surface area contributed by atoms with Crippen LogP contribution in [0.4, 0.5) is 0 Å². The van der Waals surface area contributed by atoms with Gasteiger partial charge >= 0.3 is 5.69 Å². The Balaban J connectivity index is 0.000000771. The molecular weight excluding hydrogens is 248 g/mol. The number of H-pyrrole nitrogens is 2. The Labute approximate surface area is 112 Å². The van der Waals surface area contributed by atoms with Crippen molar-refractivity contribution in [2.45, 2.75) is 57.5 Å². The summed E-state index contributed by atoms with van der Waals surface area (Å²) in [4.78, 5) is 27.6. The third-order valence-electron chi connectivity index (χ3n) is 2.83. The number of carbonyl (C=O) groups excluding carboxylic acids is 1. The maximum absolute atomic E-state index is 11.1. The third-order valence-corrected chi connectivity index (χ3v) is 4.16. The summed E-state index contributed by atoms with van der Waals surface area (Å²) < 4.78 is 0. The van der Waals surface area contributed by atoms with Crippen molar-refractivity contribution >= 4 is 17.5 Å². The van der Waals surface area contributed by atoms with Gasteiger partial charge in [-0.25, -0.2) is 4.79 Å². The molecule has 4 nitrogen and oxygen atoms in total. The summed E-state index contributed by atoms with van der Waals surface area (Å²) in [6, 6.07) is 0. The van der Waals surface area contributed by atoms with Crippen LogP contribution in [0.2, 0.25) is 0 Å². The highest BCUT2D eigenvalue weighted by atomic mass is 32.2. The molecule has 0 radical (unpaired) electrons. The second kappa shape index (κ2) is 7.46. The molecule has 2 rings (SSSR count). The van der Waals surface area contributed by atoms with Crippen molar-refractivity contribution in [1.82, 2.24) is 9.97 Å². The second-order valence-electron chi connectivity index (χ2n) is 4.22. The molecule has 1 aromatic rings. The number of rotatable bonds is 5. The molecule has 1 atom stereocenters. The minimum Gasteiger partial charge on any atom is -0.309 e. The Kier molecular flexibility index (Phi) is 6.25. The fourth-order valence-electron chi connectivity index (χ4n) is 2.02. The Morgan fingerprint density at radius 2 is 2.06 bits per heavy atom. The van der Waals surface area contributed by atoms with Gasteiger partial charge in [0.05, 0.1) is 5.69 Å². The van der Waals surface area contributed by atoms with Crippen molar-refractivity contribution in [1.29, 1.82) is 0 Å². The minimum atomic E-state index is -0.0981. The van der Waals surface area contributed by atoms with Crippen molar-refractivity contribution in [2.24, 2.45) is 0 Å². The number of unbranched alkanes of at least 4 members (excludes halogenated alkanes) is 1. The zero-order valence-corrected chi connectivity index (χ0v) is 12.2. The molecule has 0 fully saturated rings. The van der Waals surface area contributed by atoms with Gasteiger partial charge in [0.1, 0.15) is 5.78 Å². The van der Waals surface area contributed by atoms with E-state index in [0.29, 0.717) is 11.7 Å². The summed E-state index contributed by atoms with van der Waals surface area (Å²) in [5.74, 6) is 1.15. The van der Waals surface area contributed by atoms with E-state index in [1.807, 2.05) is 25.6 Å². The van der Waals surface area contributed by atoms with E-state index in [2.05, 4.69) is 9.97 Å². The summed E-state index contributed by atoms with van der Waals surface area (Å²) >= 11 is 1.86. The Bertz CT molecular complexity index is 436. The first-order chi connectivity index (χ1) is 8.66. The lowest BCUT2D eigenvalue weighted by atomic mass is 10.1. The molecule has 1 aliphatic rings. The van der Waals surface area contributed by atoms with Gasteiger partial charge in [0.25, 0.3) is 0 Å². The Hall–Kier alpha value is -0.970. The highest BCUT2D eigenvalue weighted by molar-refractivity contribution is 7.99. The first-order valence-corrected chi connectivity index (χ1v) is 7.64. The number of nitrogens with one attached hydrogen (secondary N) is 2. The largest absolute Gasteiger partial charge is 0.323 e. The molecular formula is C13H22N2O2S. The highest BCUT2D eigenvalue weighted by Gasteiger charge is 2.25. The highest BCUT2D eigenvalue weighted by Crippen LogP contribution is 2.42. The molecule has 0 spiro atoms. The smallest absolute Gasteiger partial charge is 0.309 e. The van der Waals surface area contributed by atoms with Gasteiger partial charge in [-0.2, -0.15) is 0 Å². The zero-order valence-electron chi connectivity index (χ0n) is 11.3. The summed E-state index contributed by atoms with van der Waals surface area (Å²) in [6.45, 7) is 5.63. The average Bonchev–Trinajstić information content (AvgIpc) is 2.87. The summed E-state index contributed by atoms with van der Waals surface area (Å²) in [5, 5.41) is 0.404. The topological polar surface area (TPSA) is 65.7 Å². The first kappa shape index (κ1) is 15.1. The normalized spacial score (nSPS) is 16.9. The molecule has 1 aliphatic heterocycles. The molecule has 0 aromatic carbocycles. The molecule has 0 bridgehead atoms. The molecule has 102 valence electrons. The van der Waals surface area contributed by atoms with Gasteiger partial charge < -0.3 is 14.8 Å². The number of aromatic amines is 2. The van der Waals surface area contributed by atoms with Crippen LogP contribution in [0.3, 0.4) is 0 Å². The molecule has 0 saturated carbocycles. The van der Waals surface area contributed by atoms with Crippen molar-refractivity contribution in [3.8, 4) is 0 Å².